The first kappa shape index (κ1) is 20.6. The first-order chi connectivity index (χ1) is 12.3. The molecule has 0 aromatic heterocycles. The van der Waals surface area contributed by atoms with Crippen LogP contribution >= 0.6 is 44.8 Å². The summed E-state index contributed by atoms with van der Waals surface area (Å²) in [7, 11) is 2.71. The van der Waals surface area contributed by atoms with E-state index in [1.807, 2.05) is 0 Å². The normalized spacial score (nSPS) is 10.4. The number of nitrogens with one attached hydrogen (secondary N) is 2. The van der Waals surface area contributed by atoms with Crippen LogP contribution in [-0.2, 0) is 9.59 Å². The van der Waals surface area contributed by atoms with E-state index in [-0.39, 0.29) is 13.1 Å². The second-order valence-corrected chi connectivity index (χ2v) is 8.03. The summed E-state index contributed by atoms with van der Waals surface area (Å²) in [5, 5.41) is 24.4. The quantitative estimate of drug-likeness (QED) is 0.419. The molecule has 0 bridgehead atoms. The van der Waals surface area contributed by atoms with Crippen molar-refractivity contribution in [3.8, 4) is 0 Å². The lowest BCUT2D eigenvalue weighted by Gasteiger charge is -2.13. The lowest BCUT2D eigenvalue weighted by molar-refractivity contribution is -0.135. The van der Waals surface area contributed by atoms with Gasteiger partial charge in [0.25, 0.3) is 0 Å². The van der Waals surface area contributed by atoms with Gasteiger partial charge in [-0.15, -0.1) is 0 Å². The molecule has 0 fully saturated rings. The number of carboxylic acid groups (broad SMARTS) is 2. The third kappa shape index (κ3) is 6.53. The predicted molar refractivity (Wildman–Crippen MR) is 107 cm³/mol. The molecular weight excluding hydrogens is 419 g/mol. The summed E-state index contributed by atoms with van der Waals surface area (Å²) in [6.07, 6.45) is 0. The summed E-state index contributed by atoms with van der Waals surface area (Å²) >= 11 is 12.1. The fourth-order valence-corrected chi connectivity index (χ4v) is 4.68. The van der Waals surface area contributed by atoms with Crippen LogP contribution in [0.15, 0.2) is 46.2 Å². The Morgan fingerprint density at radius 1 is 0.808 bits per heavy atom. The van der Waals surface area contributed by atoms with Gasteiger partial charge in [0.1, 0.15) is 13.1 Å². The molecule has 6 nitrogen and oxygen atoms in total. The zero-order chi connectivity index (χ0) is 19.1. The molecule has 0 heterocycles. The van der Waals surface area contributed by atoms with Gasteiger partial charge in [0.05, 0.1) is 0 Å². The van der Waals surface area contributed by atoms with Crippen LogP contribution < -0.4 is 10.6 Å². The molecule has 0 saturated heterocycles. The highest BCUT2D eigenvalue weighted by molar-refractivity contribution is 8.76. The summed E-state index contributed by atoms with van der Waals surface area (Å²) in [5.41, 5.74) is 1.27. The number of hydrogen-bond donors (Lipinski definition) is 4. The molecule has 0 spiro atoms. The maximum absolute atomic E-state index is 10.8. The molecule has 138 valence electrons. The summed E-state index contributed by atoms with van der Waals surface area (Å²) < 4.78 is 0. The Hall–Kier alpha value is -1.74. The second-order valence-electron chi connectivity index (χ2n) is 4.94. The maximum atomic E-state index is 10.8. The van der Waals surface area contributed by atoms with Crippen LogP contribution in [0.5, 0.6) is 0 Å². The zero-order valence-electron chi connectivity index (χ0n) is 13.2. The Kier molecular flexibility index (Phi) is 7.77. The van der Waals surface area contributed by atoms with Crippen molar-refractivity contribution in [2.24, 2.45) is 0 Å². The third-order valence-electron chi connectivity index (χ3n) is 2.97. The van der Waals surface area contributed by atoms with Crippen LogP contribution in [0.4, 0.5) is 11.4 Å². The Morgan fingerprint density at radius 3 is 1.54 bits per heavy atom. The van der Waals surface area contributed by atoms with Gasteiger partial charge in [-0.05, 0) is 36.4 Å². The molecule has 0 saturated carbocycles. The highest BCUT2D eigenvalue weighted by Gasteiger charge is 2.11. The fraction of sp³-hybridized carbons (Fsp3) is 0.125. The van der Waals surface area contributed by atoms with Gasteiger partial charge in [-0.25, -0.2) is 0 Å². The average molecular weight is 433 g/mol. The van der Waals surface area contributed by atoms with Crippen LogP contribution in [0.3, 0.4) is 0 Å². The van der Waals surface area contributed by atoms with E-state index in [0.29, 0.717) is 21.4 Å². The van der Waals surface area contributed by atoms with Crippen LogP contribution in [-0.4, -0.2) is 35.2 Å². The molecule has 4 N–H and O–H groups in total. The van der Waals surface area contributed by atoms with Gasteiger partial charge in [0.15, 0.2) is 0 Å². The van der Waals surface area contributed by atoms with Gasteiger partial charge >= 0.3 is 11.9 Å². The van der Waals surface area contributed by atoms with E-state index in [0.717, 1.165) is 9.79 Å². The van der Waals surface area contributed by atoms with E-state index >= 15 is 0 Å². The number of halogens is 2. The minimum absolute atomic E-state index is 0.220. The fourth-order valence-electron chi connectivity index (χ4n) is 1.85. The van der Waals surface area contributed by atoms with Crippen molar-refractivity contribution in [2.75, 3.05) is 23.7 Å². The average Bonchev–Trinajstić information content (AvgIpc) is 2.58. The lowest BCUT2D eigenvalue weighted by atomic mass is 10.3. The van der Waals surface area contributed by atoms with E-state index in [1.165, 1.54) is 21.6 Å². The van der Waals surface area contributed by atoms with Crippen molar-refractivity contribution < 1.29 is 19.8 Å². The molecule has 0 aliphatic heterocycles. The minimum Gasteiger partial charge on any atom is -0.480 e. The molecule has 0 aliphatic rings. The topological polar surface area (TPSA) is 98.7 Å². The number of benzene rings is 2. The summed E-state index contributed by atoms with van der Waals surface area (Å²) in [5.74, 6) is -1.95. The van der Waals surface area contributed by atoms with Gasteiger partial charge in [-0.1, -0.05) is 44.8 Å². The summed E-state index contributed by atoms with van der Waals surface area (Å²) in [4.78, 5) is 23.0. The predicted octanol–water partition coefficient (Wildman–Crippen LogP) is 4.79. The number of anilines is 2. The van der Waals surface area contributed by atoms with E-state index < -0.39 is 11.9 Å². The van der Waals surface area contributed by atoms with Crippen molar-refractivity contribution in [3.63, 3.8) is 0 Å². The smallest absolute Gasteiger partial charge is 0.322 e. The molecule has 2 aromatic carbocycles. The number of hydrogen-bond acceptors (Lipinski definition) is 6. The number of carbonyl (C=O) groups is 2. The Bertz CT molecular complexity index is 753. The van der Waals surface area contributed by atoms with Crippen LogP contribution in [0.25, 0.3) is 0 Å². The van der Waals surface area contributed by atoms with E-state index in [9.17, 15) is 9.59 Å². The third-order valence-corrected chi connectivity index (χ3v) is 5.88. The lowest BCUT2D eigenvalue weighted by Crippen LogP contribution is -2.12. The molecule has 0 aliphatic carbocycles. The Labute approximate surface area is 167 Å². The molecule has 0 amide bonds. The zero-order valence-corrected chi connectivity index (χ0v) is 16.3. The van der Waals surface area contributed by atoms with E-state index in [1.54, 1.807) is 36.4 Å². The molecule has 0 unspecified atom stereocenters. The first-order valence-corrected chi connectivity index (χ1v) is 10.1. The summed E-state index contributed by atoms with van der Waals surface area (Å²) in [6.45, 7) is -0.440. The van der Waals surface area contributed by atoms with Crippen molar-refractivity contribution in [3.05, 3.63) is 46.4 Å². The van der Waals surface area contributed by atoms with E-state index in [2.05, 4.69) is 10.6 Å². The van der Waals surface area contributed by atoms with Gasteiger partial charge in [0, 0.05) is 31.2 Å². The van der Waals surface area contributed by atoms with Gasteiger partial charge in [0.2, 0.25) is 0 Å². The molecule has 0 radical (unpaired) electrons. The van der Waals surface area contributed by atoms with E-state index in [4.69, 9.17) is 33.4 Å². The van der Waals surface area contributed by atoms with Gasteiger partial charge in [-0.2, -0.15) is 0 Å². The maximum Gasteiger partial charge on any atom is 0.322 e. The second kappa shape index (κ2) is 9.82. The van der Waals surface area contributed by atoms with Crippen molar-refractivity contribution in [1.29, 1.82) is 0 Å². The number of rotatable bonds is 9. The summed E-state index contributed by atoms with van der Waals surface area (Å²) in [6, 6.07) is 10.2. The highest BCUT2D eigenvalue weighted by Crippen LogP contribution is 2.45. The Balaban J connectivity index is 2.17. The highest BCUT2D eigenvalue weighted by atomic mass is 35.5. The number of carboxylic acids is 2. The van der Waals surface area contributed by atoms with Crippen molar-refractivity contribution in [2.45, 2.75) is 9.79 Å². The van der Waals surface area contributed by atoms with Crippen LogP contribution in [0.1, 0.15) is 0 Å². The van der Waals surface area contributed by atoms with Crippen LogP contribution in [0, 0.1) is 0 Å². The minimum atomic E-state index is -0.974. The van der Waals surface area contributed by atoms with Crippen molar-refractivity contribution >= 4 is 68.1 Å². The molecular formula is C16H14Cl2N2O4S2. The van der Waals surface area contributed by atoms with Crippen molar-refractivity contribution in [1.82, 2.24) is 0 Å². The molecule has 10 heteroatoms. The van der Waals surface area contributed by atoms with Gasteiger partial charge < -0.3 is 20.8 Å². The largest absolute Gasteiger partial charge is 0.480 e. The van der Waals surface area contributed by atoms with Crippen LogP contribution in [0.2, 0.25) is 10.0 Å². The molecule has 2 aromatic rings. The first-order valence-electron chi connectivity index (χ1n) is 7.20. The SMILES string of the molecule is O=C(O)CNc1ccc(Cl)cc1SSc1cc(Cl)ccc1NCC(=O)O. The molecule has 26 heavy (non-hydrogen) atoms. The Morgan fingerprint density at radius 2 is 1.19 bits per heavy atom. The monoisotopic (exact) mass is 432 g/mol. The molecule has 0 atom stereocenters. The molecule has 2 rings (SSSR count). The number of aliphatic carboxylic acids is 2. The van der Waals surface area contributed by atoms with Gasteiger partial charge in [-0.3, -0.25) is 9.59 Å². The standard InChI is InChI=1S/C16H14Cl2N2O4S2/c17-9-1-3-11(19-7-15(21)22)13(5-9)25-26-14-6-10(18)2-4-12(14)20-8-16(23)24/h1-6,19-20H,7-8H2,(H,21,22)(H,23,24).